The van der Waals surface area contributed by atoms with Gasteiger partial charge in [0.1, 0.15) is 16.5 Å². The fraction of sp³-hybridized carbons (Fsp3) is 0.500. The smallest absolute Gasteiger partial charge is 0.246 e. The molecule has 1 aromatic rings. The molecule has 1 aromatic carbocycles. The van der Waals surface area contributed by atoms with Crippen LogP contribution in [0.3, 0.4) is 0 Å². The van der Waals surface area contributed by atoms with Gasteiger partial charge in [0.2, 0.25) is 10.0 Å². The van der Waals surface area contributed by atoms with Crippen LogP contribution in [-0.4, -0.2) is 31.9 Å². The molecule has 0 aliphatic carbocycles. The molecule has 1 heterocycles. The van der Waals surface area contributed by atoms with Crippen LogP contribution in [0.4, 0.5) is 8.78 Å². The van der Waals surface area contributed by atoms with Crippen LogP contribution in [0.15, 0.2) is 17.0 Å². The normalized spacial score (nSPS) is 20.5. The summed E-state index contributed by atoms with van der Waals surface area (Å²) in [5.41, 5.74) is 5.83. The molecule has 2 N–H and O–H groups in total. The van der Waals surface area contributed by atoms with Gasteiger partial charge in [0, 0.05) is 25.2 Å². The first-order valence-electron chi connectivity index (χ1n) is 6.03. The summed E-state index contributed by atoms with van der Waals surface area (Å²) in [5, 5.41) is 0. The first-order valence-corrected chi connectivity index (χ1v) is 7.48. The molecule has 1 unspecified atom stereocenters. The third-order valence-electron chi connectivity index (χ3n) is 3.25. The Morgan fingerprint density at radius 3 is 2.55 bits per heavy atom. The highest BCUT2D eigenvalue weighted by atomic mass is 35.5. The summed E-state index contributed by atoms with van der Waals surface area (Å²) < 4.78 is 52.7. The molecule has 0 amide bonds. The molecule has 1 fully saturated rings. The molecule has 0 saturated carbocycles. The standard InChI is InChI=1S/C12H16F2N2O2S.ClH/c1-8-5-12(11(14)6-10(8)13)19(17,18)16-4-2-3-9(15)7-16;/h5-6,9H,2-4,7,15H2,1H3;1H. The van der Waals surface area contributed by atoms with Crippen molar-refractivity contribution in [2.45, 2.75) is 30.7 Å². The van der Waals surface area contributed by atoms with Crippen LogP contribution >= 0.6 is 12.4 Å². The summed E-state index contributed by atoms with van der Waals surface area (Å²) in [4.78, 5) is -0.486. The maximum Gasteiger partial charge on any atom is 0.246 e. The van der Waals surface area contributed by atoms with Crippen molar-refractivity contribution in [3.8, 4) is 0 Å². The molecule has 20 heavy (non-hydrogen) atoms. The van der Waals surface area contributed by atoms with E-state index in [1.54, 1.807) is 0 Å². The number of sulfonamides is 1. The molecule has 0 radical (unpaired) electrons. The highest BCUT2D eigenvalue weighted by molar-refractivity contribution is 7.89. The molecule has 2 rings (SSSR count). The predicted octanol–water partition coefficient (Wildman–Crippen LogP) is 1.81. The molecule has 0 aromatic heterocycles. The number of hydrogen-bond acceptors (Lipinski definition) is 3. The van der Waals surface area contributed by atoms with Gasteiger partial charge in [0.05, 0.1) is 0 Å². The zero-order valence-corrected chi connectivity index (χ0v) is 12.6. The van der Waals surface area contributed by atoms with Gasteiger partial charge in [0.15, 0.2) is 0 Å². The van der Waals surface area contributed by atoms with Crippen molar-refractivity contribution in [3.05, 3.63) is 29.3 Å². The number of hydrogen-bond donors (Lipinski definition) is 1. The van der Waals surface area contributed by atoms with Gasteiger partial charge in [-0.2, -0.15) is 4.31 Å². The number of aryl methyl sites for hydroxylation is 1. The fourth-order valence-electron chi connectivity index (χ4n) is 2.16. The van der Waals surface area contributed by atoms with Gasteiger partial charge in [-0.05, 0) is 31.4 Å². The van der Waals surface area contributed by atoms with Crippen molar-refractivity contribution in [2.24, 2.45) is 5.73 Å². The van der Waals surface area contributed by atoms with Crippen molar-refractivity contribution < 1.29 is 17.2 Å². The van der Waals surface area contributed by atoms with Gasteiger partial charge in [0.25, 0.3) is 0 Å². The van der Waals surface area contributed by atoms with E-state index in [1.165, 1.54) is 6.92 Å². The Kier molecular flexibility index (Phi) is 5.48. The number of nitrogens with two attached hydrogens (primary N) is 1. The Morgan fingerprint density at radius 2 is 1.95 bits per heavy atom. The largest absolute Gasteiger partial charge is 0.327 e. The summed E-state index contributed by atoms with van der Waals surface area (Å²) in [7, 11) is -3.95. The van der Waals surface area contributed by atoms with Crippen LogP contribution in [0, 0.1) is 18.6 Å². The molecule has 4 nitrogen and oxygen atoms in total. The minimum absolute atomic E-state index is 0. The predicted molar refractivity (Wildman–Crippen MR) is 74.3 cm³/mol. The molecular weight excluding hydrogens is 310 g/mol. The summed E-state index contributed by atoms with van der Waals surface area (Å²) in [5.74, 6) is -1.82. The van der Waals surface area contributed by atoms with Crippen LogP contribution < -0.4 is 5.73 Å². The Balaban J connectivity index is 0.00000200. The monoisotopic (exact) mass is 326 g/mol. The second-order valence-corrected chi connectivity index (χ2v) is 6.70. The van der Waals surface area contributed by atoms with E-state index in [1.807, 2.05) is 0 Å². The molecule has 1 aliphatic rings. The minimum atomic E-state index is -3.95. The van der Waals surface area contributed by atoms with Gasteiger partial charge in [-0.1, -0.05) is 0 Å². The molecule has 0 bridgehead atoms. The molecular formula is C12H17ClF2N2O2S. The van der Waals surface area contributed by atoms with Crippen molar-refractivity contribution in [1.82, 2.24) is 4.31 Å². The zero-order valence-electron chi connectivity index (χ0n) is 11.0. The molecule has 8 heteroatoms. The molecule has 114 valence electrons. The molecule has 1 saturated heterocycles. The SMILES string of the molecule is Cc1cc(S(=O)(=O)N2CCCC(N)C2)c(F)cc1F.Cl. The number of rotatable bonds is 2. The Bertz CT molecular complexity index is 595. The van der Waals surface area contributed by atoms with Gasteiger partial charge in [-0.3, -0.25) is 0 Å². The third kappa shape index (κ3) is 3.28. The highest BCUT2D eigenvalue weighted by Crippen LogP contribution is 2.24. The van der Waals surface area contributed by atoms with Gasteiger partial charge in [-0.25, -0.2) is 17.2 Å². The van der Waals surface area contributed by atoms with E-state index in [0.29, 0.717) is 19.0 Å². The maximum atomic E-state index is 13.7. The van der Waals surface area contributed by atoms with E-state index < -0.39 is 26.6 Å². The van der Waals surface area contributed by atoms with Gasteiger partial charge in [-0.15, -0.1) is 12.4 Å². The quantitative estimate of drug-likeness (QED) is 0.901. The summed E-state index contributed by atoms with van der Waals surface area (Å²) in [6.07, 6.45) is 1.39. The number of piperidine rings is 1. The second-order valence-electron chi connectivity index (χ2n) is 4.80. The Hall–Kier alpha value is -0.760. The van der Waals surface area contributed by atoms with E-state index in [0.717, 1.165) is 16.8 Å². The lowest BCUT2D eigenvalue weighted by atomic mass is 10.1. The highest BCUT2D eigenvalue weighted by Gasteiger charge is 2.31. The lowest BCUT2D eigenvalue weighted by molar-refractivity contribution is 0.315. The van der Waals surface area contributed by atoms with Crippen LogP contribution in [-0.2, 0) is 10.0 Å². The topological polar surface area (TPSA) is 63.4 Å². The Morgan fingerprint density at radius 1 is 1.30 bits per heavy atom. The van der Waals surface area contributed by atoms with E-state index >= 15 is 0 Å². The number of benzene rings is 1. The van der Waals surface area contributed by atoms with Crippen molar-refractivity contribution >= 4 is 22.4 Å². The zero-order chi connectivity index (χ0) is 14.2. The fourth-order valence-corrected chi connectivity index (χ4v) is 3.83. The van der Waals surface area contributed by atoms with Crippen LogP contribution in [0.5, 0.6) is 0 Å². The van der Waals surface area contributed by atoms with E-state index in [-0.39, 0.29) is 30.6 Å². The summed E-state index contributed by atoms with van der Waals surface area (Å²) in [6.45, 7) is 1.87. The van der Waals surface area contributed by atoms with E-state index in [4.69, 9.17) is 5.73 Å². The molecule has 0 spiro atoms. The second kappa shape index (κ2) is 6.34. The van der Waals surface area contributed by atoms with Crippen molar-refractivity contribution in [3.63, 3.8) is 0 Å². The lowest BCUT2D eigenvalue weighted by Gasteiger charge is -2.30. The first kappa shape index (κ1) is 17.3. The average molecular weight is 327 g/mol. The van der Waals surface area contributed by atoms with Crippen LogP contribution in [0.2, 0.25) is 0 Å². The van der Waals surface area contributed by atoms with Crippen LogP contribution in [0.25, 0.3) is 0 Å². The van der Waals surface area contributed by atoms with Gasteiger partial charge >= 0.3 is 0 Å². The molecule has 1 atom stereocenters. The Labute approximate surface area is 123 Å². The lowest BCUT2D eigenvalue weighted by Crippen LogP contribution is -2.45. The van der Waals surface area contributed by atoms with Gasteiger partial charge < -0.3 is 5.73 Å². The third-order valence-corrected chi connectivity index (χ3v) is 5.13. The number of halogens is 3. The van der Waals surface area contributed by atoms with Crippen molar-refractivity contribution in [2.75, 3.05) is 13.1 Å². The van der Waals surface area contributed by atoms with Crippen molar-refractivity contribution in [1.29, 1.82) is 0 Å². The summed E-state index contributed by atoms with van der Waals surface area (Å²) in [6, 6.07) is 1.39. The minimum Gasteiger partial charge on any atom is -0.327 e. The van der Waals surface area contributed by atoms with Crippen LogP contribution in [0.1, 0.15) is 18.4 Å². The maximum absolute atomic E-state index is 13.7. The van der Waals surface area contributed by atoms with E-state index in [2.05, 4.69) is 0 Å². The van der Waals surface area contributed by atoms with E-state index in [9.17, 15) is 17.2 Å². The number of nitrogens with zero attached hydrogens (tertiary/aromatic N) is 1. The first-order chi connectivity index (χ1) is 8.82. The molecule has 1 aliphatic heterocycles. The summed E-state index contributed by atoms with van der Waals surface area (Å²) >= 11 is 0. The average Bonchev–Trinajstić information content (AvgIpc) is 2.33.